The molecule has 88 valence electrons. The third-order valence-corrected chi connectivity index (χ3v) is 3.05. The van der Waals surface area contributed by atoms with Crippen LogP contribution >= 0.6 is 0 Å². The summed E-state index contributed by atoms with van der Waals surface area (Å²) in [5.74, 6) is 0.888. The zero-order valence-corrected chi connectivity index (χ0v) is 9.68. The first-order chi connectivity index (χ1) is 8.38. The highest BCUT2D eigenvalue weighted by molar-refractivity contribution is 5.56. The number of aryl methyl sites for hydroxylation is 1. The maximum absolute atomic E-state index is 5.34. The molecule has 2 aromatic rings. The molecule has 1 aliphatic heterocycles. The van der Waals surface area contributed by atoms with Gasteiger partial charge >= 0.3 is 0 Å². The number of aromatic nitrogens is 3. The molecule has 0 aromatic carbocycles. The summed E-state index contributed by atoms with van der Waals surface area (Å²) in [7, 11) is 0. The molecule has 5 heteroatoms. The van der Waals surface area contributed by atoms with Crippen LogP contribution in [0.1, 0.15) is 30.8 Å². The highest BCUT2D eigenvalue weighted by atomic mass is 16.5. The summed E-state index contributed by atoms with van der Waals surface area (Å²) in [4.78, 5) is 8.63. The van der Waals surface area contributed by atoms with E-state index in [0.29, 0.717) is 6.04 Å². The van der Waals surface area contributed by atoms with Crippen LogP contribution in [0.3, 0.4) is 0 Å². The lowest BCUT2D eigenvalue weighted by Gasteiger charge is -2.24. The van der Waals surface area contributed by atoms with Gasteiger partial charge in [0.2, 0.25) is 0 Å². The molecule has 0 bridgehead atoms. The molecule has 0 radical (unpaired) electrons. The third kappa shape index (κ3) is 1.82. The summed E-state index contributed by atoms with van der Waals surface area (Å²) in [6.07, 6.45) is 5.34. The second-order valence-electron chi connectivity index (χ2n) is 4.12. The Balaban J connectivity index is 1.94. The molecule has 0 unspecified atom stereocenters. The Bertz CT molecular complexity index is 519. The molecule has 0 amide bonds. The lowest BCUT2D eigenvalue weighted by Crippen LogP contribution is -2.34. The van der Waals surface area contributed by atoms with Crippen molar-refractivity contribution in [1.29, 1.82) is 0 Å². The van der Waals surface area contributed by atoms with Gasteiger partial charge in [0.25, 0.3) is 0 Å². The topological polar surface area (TPSA) is 63.8 Å². The summed E-state index contributed by atoms with van der Waals surface area (Å²) in [6, 6.07) is 2.28. The monoisotopic (exact) mass is 230 g/mol. The second-order valence-corrected chi connectivity index (χ2v) is 4.12. The smallest absolute Gasteiger partial charge is 0.154 e. The van der Waals surface area contributed by atoms with E-state index in [2.05, 4.69) is 27.4 Å². The van der Waals surface area contributed by atoms with E-state index in [0.717, 1.165) is 42.2 Å². The van der Waals surface area contributed by atoms with Crippen LogP contribution < -0.4 is 5.32 Å². The van der Waals surface area contributed by atoms with Crippen molar-refractivity contribution in [3.8, 4) is 11.4 Å². The van der Waals surface area contributed by atoms with Crippen molar-refractivity contribution >= 4 is 0 Å². The van der Waals surface area contributed by atoms with E-state index in [9.17, 15) is 0 Å². The summed E-state index contributed by atoms with van der Waals surface area (Å²) >= 11 is 0. The van der Waals surface area contributed by atoms with Crippen LogP contribution in [-0.2, 0) is 6.42 Å². The van der Waals surface area contributed by atoms with Gasteiger partial charge in [-0.25, -0.2) is 0 Å². The zero-order chi connectivity index (χ0) is 11.7. The van der Waals surface area contributed by atoms with E-state index in [1.807, 2.05) is 6.07 Å². The number of rotatable bonds is 3. The minimum atomic E-state index is 0.318. The quantitative estimate of drug-likeness (QED) is 0.869. The van der Waals surface area contributed by atoms with Gasteiger partial charge in [-0.1, -0.05) is 12.1 Å². The van der Waals surface area contributed by atoms with Gasteiger partial charge in [0.05, 0.1) is 11.7 Å². The van der Waals surface area contributed by atoms with Gasteiger partial charge in [-0.05, 0) is 19.4 Å². The molecule has 1 saturated heterocycles. The molecule has 0 saturated carbocycles. The Morgan fingerprint density at radius 3 is 2.94 bits per heavy atom. The van der Waals surface area contributed by atoms with Crippen molar-refractivity contribution < 1.29 is 4.52 Å². The molecule has 2 aromatic heterocycles. The molecule has 1 aliphatic rings. The molecular weight excluding hydrogens is 216 g/mol. The minimum absolute atomic E-state index is 0.318. The van der Waals surface area contributed by atoms with Gasteiger partial charge in [-0.2, -0.15) is 0 Å². The fourth-order valence-electron chi connectivity index (χ4n) is 1.94. The van der Waals surface area contributed by atoms with Crippen molar-refractivity contribution in [1.82, 2.24) is 20.4 Å². The number of hydrogen-bond donors (Lipinski definition) is 1. The number of nitrogens with one attached hydrogen (secondary N) is 1. The van der Waals surface area contributed by atoms with E-state index in [1.54, 1.807) is 12.4 Å². The molecule has 3 heterocycles. The Labute approximate surface area is 99.3 Å². The fourth-order valence-corrected chi connectivity index (χ4v) is 1.94. The van der Waals surface area contributed by atoms with Gasteiger partial charge in [0.15, 0.2) is 5.76 Å². The first-order valence-corrected chi connectivity index (χ1v) is 5.88. The maximum atomic E-state index is 5.34. The molecule has 0 spiro atoms. The average molecular weight is 230 g/mol. The van der Waals surface area contributed by atoms with E-state index >= 15 is 0 Å². The summed E-state index contributed by atoms with van der Waals surface area (Å²) < 4.78 is 5.34. The largest absolute Gasteiger partial charge is 0.359 e. The van der Waals surface area contributed by atoms with Crippen LogP contribution in [0.15, 0.2) is 23.0 Å². The van der Waals surface area contributed by atoms with Crippen molar-refractivity contribution in [3.05, 3.63) is 29.9 Å². The molecule has 1 N–H and O–H groups in total. The third-order valence-electron chi connectivity index (χ3n) is 3.05. The zero-order valence-electron chi connectivity index (χ0n) is 9.68. The van der Waals surface area contributed by atoms with Gasteiger partial charge < -0.3 is 9.84 Å². The normalized spacial score (nSPS) is 19.0. The minimum Gasteiger partial charge on any atom is -0.359 e. The summed E-state index contributed by atoms with van der Waals surface area (Å²) in [5, 5.41) is 7.37. The van der Waals surface area contributed by atoms with E-state index < -0.39 is 0 Å². The molecule has 3 rings (SSSR count). The van der Waals surface area contributed by atoms with Crippen molar-refractivity contribution in [2.75, 3.05) is 6.54 Å². The van der Waals surface area contributed by atoms with E-state index in [1.165, 1.54) is 0 Å². The summed E-state index contributed by atoms with van der Waals surface area (Å²) in [5.41, 5.74) is 2.55. The molecular formula is C12H14N4O. The van der Waals surface area contributed by atoms with Crippen LogP contribution in [0.25, 0.3) is 11.4 Å². The second kappa shape index (κ2) is 4.25. The SMILES string of the molecule is CCc1nccnc1-c1cc([C@@H]2CCN2)on1. The van der Waals surface area contributed by atoms with Crippen LogP contribution in [-0.4, -0.2) is 21.7 Å². The Morgan fingerprint density at radius 1 is 1.41 bits per heavy atom. The Kier molecular flexibility index (Phi) is 2.60. The predicted molar refractivity (Wildman–Crippen MR) is 62.3 cm³/mol. The highest BCUT2D eigenvalue weighted by Gasteiger charge is 2.23. The molecule has 17 heavy (non-hydrogen) atoms. The van der Waals surface area contributed by atoms with Crippen molar-refractivity contribution in [3.63, 3.8) is 0 Å². The summed E-state index contributed by atoms with van der Waals surface area (Å²) in [6.45, 7) is 3.11. The van der Waals surface area contributed by atoms with Crippen molar-refractivity contribution in [2.24, 2.45) is 0 Å². The van der Waals surface area contributed by atoms with Crippen molar-refractivity contribution in [2.45, 2.75) is 25.8 Å². The number of hydrogen-bond acceptors (Lipinski definition) is 5. The highest BCUT2D eigenvalue weighted by Crippen LogP contribution is 2.27. The van der Waals surface area contributed by atoms with E-state index in [-0.39, 0.29) is 0 Å². The average Bonchev–Trinajstić information content (AvgIpc) is 2.76. The molecule has 1 atom stereocenters. The predicted octanol–water partition coefficient (Wildman–Crippen LogP) is 1.73. The maximum Gasteiger partial charge on any atom is 0.154 e. The van der Waals surface area contributed by atoms with Gasteiger partial charge in [0, 0.05) is 18.5 Å². The Hall–Kier alpha value is -1.75. The van der Waals surface area contributed by atoms with Gasteiger partial charge in [-0.3, -0.25) is 9.97 Å². The molecule has 0 aliphatic carbocycles. The van der Waals surface area contributed by atoms with Crippen LogP contribution in [0.2, 0.25) is 0 Å². The first-order valence-electron chi connectivity index (χ1n) is 5.88. The van der Waals surface area contributed by atoms with Gasteiger partial charge in [-0.15, -0.1) is 0 Å². The van der Waals surface area contributed by atoms with Crippen LogP contribution in [0.5, 0.6) is 0 Å². The van der Waals surface area contributed by atoms with Crippen LogP contribution in [0.4, 0.5) is 0 Å². The fraction of sp³-hybridized carbons (Fsp3) is 0.417. The number of nitrogens with zero attached hydrogens (tertiary/aromatic N) is 3. The van der Waals surface area contributed by atoms with Crippen LogP contribution in [0, 0.1) is 0 Å². The standard InChI is InChI=1S/C12H14N4O/c1-2-8-12(15-6-5-14-8)10-7-11(17-16-10)9-3-4-13-9/h5-7,9,13H,2-4H2,1H3/t9-/m0/s1. The Morgan fingerprint density at radius 2 is 2.24 bits per heavy atom. The molecule has 1 fully saturated rings. The lowest BCUT2D eigenvalue weighted by molar-refractivity contribution is 0.282. The lowest BCUT2D eigenvalue weighted by atomic mass is 10.0. The first kappa shape index (κ1) is 10.4. The molecule has 5 nitrogen and oxygen atoms in total. The van der Waals surface area contributed by atoms with Gasteiger partial charge in [0.1, 0.15) is 11.4 Å². The van der Waals surface area contributed by atoms with E-state index in [4.69, 9.17) is 4.52 Å².